The number of piperidine rings is 1. The summed E-state index contributed by atoms with van der Waals surface area (Å²) < 4.78 is 34.2. The van der Waals surface area contributed by atoms with E-state index in [2.05, 4.69) is 4.40 Å². The van der Waals surface area contributed by atoms with Crippen molar-refractivity contribution in [2.45, 2.75) is 17.7 Å². The van der Waals surface area contributed by atoms with Crippen LogP contribution < -0.4 is 4.74 Å². The molecule has 0 saturated carbocycles. The van der Waals surface area contributed by atoms with Crippen molar-refractivity contribution < 1.29 is 17.9 Å². The van der Waals surface area contributed by atoms with Crippen LogP contribution in [0.25, 0.3) is 10.8 Å². The summed E-state index contributed by atoms with van der Waals surface area (Å²) in [6, 6.07) is 20.4. The van der Waals surface area contributed by atoms with Crippen LogP contribution >= 0.6 is 0 Å². The van der Waals surface area contributed by atoms with Crippen LogP contribution in [-0.4, -0.2) is 38.2 Å². The van der Waals surface area contributed by atoms with E-state index in [9.17, 15) is 13.2 Å². The number of nitrogens with zero attached hydrogens (tertiary/aromatic N) is 2. The molecule has 1 fully saturated rings. The Morgan fingerprint density at radius 2 is 1.63 bits per heavy atom. The first-order valence-corrected chi connectivity index (χ1v) is 11.4. The molecule has 5 rings (SSSR count). The van der Waals surface area contributed by atoms with Gasteiger partial charge in [0.15, 0.2) is 5.84 Å². The lowest BCUT2D eigenvalue weighted by Crippen LogP contribution is -2.41. The van der Waals surface area contributed by atoms with Gasteiger partial charge < -0.3 is 9.64 Å². The first-order valence-electron chi connectivity index (χ1n) is 9.91. The molecule has 6 nitrogen and oxygen atoms in total. The Bertz CT molecular complexity index is 1280. The van der Waals surface area contributed by atoms with Crippen molar-refractivity contribution in [3.8, 4) is 5.75 Å². The Morgan fingerprint density at radius 3 is 2.43 bits per heavy atom. The van der Waals surface area contributed by atoms with Gasteiger partial charge in [-0.15, -0.1) is 4.40 Å². The van der Waals surface area contributed by atoms with Gasteiger partial charge in [0.05, 0.1) is 5.92 Å². The molecule has 0 unspecified atom stereocenters. The number of hydrogen-bond donors (Lipinski definition) is 0. The molecule has 30 heavy (non-hydrogen) atoms. The maximum atomic E-state index is 12.7. The summed E-state index contributed by atoms with van der Waals surface area (Å²) in [6.07, 6.45) is 1.18. The molecule has 0 aromatic heterocycles. The highest BCUT2D eigenvalue weighted by Crippen LogP contribution is 2.30. The first kappa shape index (κ1) is 18.8. The Kier molecular flexibility index (Phi) is 4.55. The largest absolute Gasteiger partial charge is 0.426 e. The molecule has 0 aliphatic carbocycles. The smallest absolute Gasteiger partial charge is 0.314 e. The van der Waals surface area contributed by atoms with E-state index in [4.69, 9.17) is 4.74 Å². The van der Waals surface area contributed by atoms with Crippen molar-refractivity contribution in [2.75, 3.05) is 13.1 Å². The highest BCUT2D eigenvalue weighted by molar-refractivity contribution is 7.90. The summed E-state index contributed by atoms with van der Waals surface area (Å²) in [5.41, 5.74) is 0.634. The van der Waals surface area contributed by atoms with Gasteiger partial charge >= 0.3 is 5.97 Å². The predicted octanol–water partition coefficient (Wildman–Crippen LogP) is 3.61. The summed E-state index contributed by atoms with van der Waals surface area (Å²) in [7, 11) is -3.64. The number of hydrogen-bond acceptors (Lipinski definition) is 5. The van der Waals surface area contributed by atoms with Gasteiger partial charge in [0.25, 0.3) is 10.0 Å². The monoisotopic (exact) mass is 420 g/mol. The molecule has 2 aliphatic heterocycles. The molecular weight excluding hydrogens is 400 g/mol. The maximum absolute atomic E-state index is 12.7. The van der Waals surface area contributed by atoms with E-state index in [-0.39, 0.29) is 16.8 Å². The molecule has 3 aromatic rings. The number of fused-ring (bicyclic) bond motifs is 2. The van der Waals surface area contributed by atoms with Gasteiger partial charge in [-0.3, -0.25) is 4.79 Å². The van der Waals surface area contributed by atoms with Crippen LogP contribution in [0.3, 0.4) is 0 Å². The standard InChI is InChI=1S/C23H20N2O4S/c26-23(29-19-10-9-16-5-1-2-6-18(16)15-19)17-11-13-25(14-12-17)22-20-7-3-4-8-21(20)30(27,28)24-22/h1-10,15,17H,11-14H2. The summed E-state index contributed by atoms with van der Waals surface area (Å²) in [5.74, 6) is 0.557. The second-order valence-electron chi connectivity index (χ2n) is 7.58. The SMILES string of the molecule is O=C(Oc1ccc2ccccc2c1)C1CCN(C2=NS(=O)(=O)c3ccccc32)CC1. The Hall–Kier alpha value is -3.19. The number of ether oxygens (including phenoxy) is 1. The molecule has 152 valence electrons. The highest BCUT2D eigenvalue weighted by atomic mass is 32.2. The van der Waals surface area contributed by atoms with Gasteiger partial charge in [0.2, 0.25) is 0 Å². The van der Waals surface area contributed by atoms with Crippen LogP contribution in [0.15, 0.2) is 76.0 Å². The molecule has 0 radical (unpaired) electrons. The number of benzene rings is 3. The van der Waals surface area contributed by atoms with Gasteiger partial charge in [-0.2, -0.15) is 8.42 Å². The van der Waals surface area contributed by atoms with Gasteiger partial charge in [-0.25, -0.2) is 0 Å². The second-order valence-corrected chi connectivity index (χ2v) is 9.15. The molecule has 0 atom stereocenters. The van der Waals surface area contributed by atoms with Gasteiger partial charge in [0.1, 0.15) is 10.6 Å². The third kappa shape index (κ3) is 3.35. The summed E-state index contributed by atoms with van der Waals surface area (Å²) in [5, 5.41) is 2.12. The van der Waals surface area contributed by atoms with Crippen LogP contribution in [0.5, 0.6) is 5.75 Å². The van der Waals surface area contributed by atoms with Crippen molar-refractivity contribution in [3.63, 3.8) is 0 Å². The molecule has 2 heterocycles. The van der Waals surface area contributed by atoms with Crippen molar-refractivity contribution in [1.82, 2.24) is 4.90 Å². The van der Waals surface area contributed by atoms with Gasteiger partial charge in [-0.1, -0.05) is 42.5 Å². The van der Waals surface area contributed by atoms with E-state index in [1.807, 2.05) is 53.4 Å². The lowest BCUT2D eigenvalue weighted by Gasteiger charge is -2.32. The fourth-order valence-corrected chi connectivity index (χ4v) is 5.30. The van der Waals surface area contributed by atoms with Crippen LogP contribution in [-0.2, 0) is 14.8 Å². The van der Waals surface area contributed by atoms with E-state index >= 15 is 0 Å². The molecule has 7 heteroatoms. The van der Waals surface area contributed by atoms with Crippen molar-refractivity contribution in [1.29, 1.82) is 0 Å². The molecule has 2 aliphatic rings. The fourth-order valence-electron chi connectivity index (χ4n) is 4.07. The minimum Gasteiger partial charge on any atom is -0.426 e. The lowest BCUT2D eigenvalue weighted by molar-refractivity contribution is -0.140. The third-order valence-electron chi connectivity index (χ3n) is 5.68. The molecule has 0 spiro atoms. The van der Waals surface area contributed by atoms with E-state index in [0.717, 1.165) is 10.8 Å². The zero-order valence-corrected chi connectivity index (χ0v) is 17.0. The second kappa shape index (κ2) is 7.25. The summed E-state index contributed by atoms with van der Waals surface area (Å²) in [6.45, 7) is 1.11. The van der Waals surface area contributed by atoms with Crippen LogP contribution in [0.2, 0.25) is 0 Å². The lowest BCUT2D eigenvalue weighted by atomic mass is 9.96. The zero-order chi connectivity index (χ0) is 20.7. The van der Waals surface area contributed by atoms with E-state index in [1.54, 1.807) is 18.2 Å². The van der Waals surface area contributed by atoms with Crippen molar-refractivity contribution in [3.05, 3.63) is 72.3 Å². The summed E-state index contributed by atoms with van der Waals surface area (Å²) >= 11 is 0. The average Bonchev–Trinajstić information content (AvgIpc) is 3.05. The van der Waals surface area contributed by atoms with Crippen LogP contribution in [0.4, 0.5) is 0 Å². The molecule has 1 saturated heterocycles. The zero-order valence-electron chi connectivity index (χ0n) is 16.2. The van der Waals surface area contributed by atoms with Crippen LogP contribution in [0.1, 0.15) is 18.4 Å². The third-order valence-corrected chi connectivity index (χ3v) is 7.00. The molecule has 0 amide bonds. The van der Waals surface area contributed by atoms with Crippen LogP contribution in [0, 0.1) is 5.92 Å². The molecule has 3 aromatic carbocycles. The minimum atomic E-state index is -3.64. The number of amidine groups is 1. The predicted molar refractivity (Wildman–Crippen MR) is 114 cm³/mol. The van der Waals surface area contributed by atoms with E-state index in [1.165, 1.54) is 0 Å². The van der Waals surface area contributed by atoms with Gasteiger partial charge in [-0.05, 0) is 47.9 Å². The maximum Gasteiger partial charge on any atom is 0.314 e. The highest BCUT2D eigenvalue weighted by Gasteiger charge is 2.34. The normalized spacial score (nSPS) is 18.1. The number of carbonyl (C=O) groups is 1. The number of sulfonamides is 1. The fraction of sp³-hybridized carbons (Fsp3) is 0.217. The van der Waals surface area contributed by atoms with Gasteiger partial charge in [0, 0.05) is 18.7 Å². The molecule has 0 N–H and O–H groups in total. The average molecular weight is 420 g/mol. The molecule has 0 bridgehead atoms. The van der Waals surface area contributed by atoms with Crippen molar-refractivity contribution in [2.24, 2.45) is 10.3 Å². The van der Waals surface area contributed by atoms with E-state index < -0.39 is 10.0 Å². The quantitative estimate of drug-likeness (QED) is 0.468. The summed E-state index contributed by atoms with van der Waals surface area (Å²) in [4.78, 5) is 14.9. The Balaban J connectivity index is 1.26. The Morgan fingerprint density at radius 1 is 0.933 bits per heavy atom. The number of esters is 1. The number of carbonyl (C=O) groups excluding carboxylic acids is 1. The molecular formula is C23H20N2O4S. The topological polar surface area (TPSA) is 76.0 Å². The number of rotatable bonds is 2. The van der Waals surface area contributed by atoms with Crippen molar-refractivity contribution >= 4 is 32.6 Å². The Labute approximate surface area is 174 Å². The van der Waals surface area contributed by atoms with E-state index in [0.29, 0.717) is 43.1 Å². The minimum absolute atomic E-state index is 0.221. The first-order chi connectivity index (χ1) is 14.5. The number of likely N-dealkylation sites (tertiary alicyclic amines) is 1.